The number of hydrogen-bond acceptors (Lipinski definition) is 1. The van der Waals surface area contributed by atoms with Crippen molar-refractivity contribution >= 4 is 37.7 Å². The van der Waals surface area contributed by atoms with Gasteiger partial charge in [-0.25, -0.2) is 0 Å². The Morgan fingerprint density at radius 3 is 1.11 bits per heavy atom. The van der Waals surface area contributed by atoms with Crippen LogP contribution >= 0.6 is 0 Å². The number of nitrogens with zero attached hydrogens (tertiary/aromatic N) is 1. The molecule has 0 heterocycles. The van der Waals surface area contributed by atoms with Crippen molar-refractivity contribution in [2.45, 2.75) is 20.8 Å². The van der Waals surface area contributed by atoms with Crippen molar-refractivity contribution in [2.75, 3.05) is 19.6 Å². The van der Waals surface area contributed by atoms with Crippen molar-refractivity contribution in [1.82, 2.24) is 4.90 Å². The van der Waals surface area contributed by atoms with Gasteiger partial charge < -0.3 is 10.4 Å². The predicted octanol–water partition coefficient (Wildman–Crippen LogP) is 0.848. The zero-order valence-corrected chi connectivity index (χ0v) is 8.89. The molecule has 0 saturated heterocycles. The van der Waals surface area contributed by atoms with Gasteiger partial charge in [0.05, 0.1) is 0 Å². The minimum absolute atomic E-state index is 0. The van der Waals surface area contributed by atoms with Gasteiger partial charge >= 0.3 is 37.7 Å². The van der Waals surface area contributed by atoms with Crippen LogP contribution in [0, 0.1) is 0 Å². The summed E-state index contributed by atoms with van der Waals surface area (Å²) in [6, 6.07) is 0. The van der Waals surface area contributed by atoms with Crippen LogP contribution in [0.1, 0.15) is 20.8 Å². The molecular formula is C6H15CaNO. The molecule has 0 unspecified atom stereocenters. The summed E-state index contributed by atoms with van der Waals surface area (Å²) in [6.45, 7) is 10.1. The van der Waals surface area contributed by atoms with Crippen LogP contribution in [0.15, 0.2) is 0 Å². The fourth-order valence-electron chi connectivity index (χ4n) is 0.671. The standard InChI is InChI=1S/C6H15N.Ca.O/c1-4-7(5-2)6-3;;/h4-6H2,1-3H3;;/q;+2;-2. The summed E-state index contributed by atoms with van der Waals surface area (Å²) >= 11 is 0. The number of hydrogen-bond donors (Lipinski definition) is 0. The molecule has 0 amide bonds. The SMILES string of the molecule is CCN(CC)CC.[Ca+2].[O-2]. The molecule has 0 bridgehead atoms. The van der Waals surface area contributed by atoms with Crippen LogP contribution in [0.3, 0.4) is 0 Å². The van der Waals surface area contributed by atoms with Gasteiger partial charge in [0.25, 0.3) is 0 Å². The number of rotatable bonds is 3. The van der Waals surface area contributed by atoms with Crippen molar-refractivity contribution in [3.63, 3.8) is 0 Å². The van der Waals surface area contributed by atoms with E-state index in [0.717, 1.165) is 0 Å². The van der Waals surface area contributed by atoms with Gasteiger partial charge in [0.1, 0.15) is 0 Å². The second kappa shape index (κ2) is 11.9. The summed E-state index contributed by atoms with van der Waals surface area (Å²) in [4.78, 5) is 2.38. The van der Waals surface area contributed by atoms with Crippen LogP contribution in [-0.2, 0) is 5.48 Å². The second-order valence-electron chi connectivity index (χ2n) is 1.62. The largest absolute Gasteiger partial charge is 2.00 e. The minimum atomic E-state index is 0. The molecule has 0 aliphatic heterocycles. The molecule has 0 rings (SSSR count). The monoisotopic (exact) mass is 157 g/mol. The van der Waals surface area contributed by atoms with Crippen molar-refractivity contribution in [2.24, 2.45) is 0 Å². The van der Waals surface area contributed by atoms with Crippen LogP contribution < -0.4 is 0 Å². The van der Waals surface area contributed by atoms with E-state index in [1.165, 1.54) is 19.6 Å². The third-order valence-electron chi connectivity index (χ3n) is 1.34. The maximum atomic E-state index is 2.38. The molecule has 0 aliphatic carbocycles. The Morgan fingerprint density at radius 2 is 1.11 bits per heavy atom. The van der Waals surface area contributed by atoms with Crippen LogP contribution in [0.4, 0.5) is 0 Å². The van der Waals surface area contributed by atoms with Crippen molar-refractivity contribution in [3.05, 3.63) is 0 Å². The first-order valence-electron chi connectivity index (χ1n) is 3.07. The molecule has 0 aromatic rings. The van der Waals surface area contributed by atoms with Gasteiger partial charge in [0, 0.05) is 0 Å². The van der Waals surface area contributed by atoms with Gasteiger partial charge in [-0.15, -0.1) is 0 Å². The molecule has 0 saturated carbocycles. The van der Waals surface area contributed by atoms with Crippen LogP contribution in [0.5, 0.6) is 0 Å². The summed E-state index contributed by atoms with van der Waals surface area (Å²) in [7, 11) is 0. The quantitative estimate of drug-likeness (QED) is 0.559. The van der Waals surface area contributed by atoms with Crippen molar-refractivity contribution in [1.29, 1.82) is 0 Å². The van der Waals surface area contributed by atoms with Crippen LogP contribution in [-0.4, -0.2) is 62.3 Å². The predicted molar refractivity (Wildman–Crippen MR) is 39.9 cm³/mol. The molecule has 0 fully saturated rings. The zero-order valence-electron chi connectivity index (χ0n) is 6.68. The third-order valence-corrected chi connectivity index (χ3v) is 1.34. The molecule has 0 aromatic carbocycles. The smallest absolute Gasteiger partial charge is 2.00 e. The Bertz CT molecular complexity index is 34.5. The zero-order chi connectivity index (χ0) is 5.70. The third kappa shape index (κ3) is 9.18. The maximum Gasteiger partial charge on any atom is 2.00 e. The van der Waals surface area contributed by atoms with Crippen molar-refractivity contribution in [3.8, 4) is 0 Å². The van der Waals surface area contributed by atoms with Gasteiger partial charge in [-0.1, -0.05) is 20.8 Å². The van der Waals surface area contributed by atoms with Crippen LogP contribution in [0.25, 0.3) is 0 Å². The summed E-state index contributed by atoms with van der Waals surface area (Å²) in [5.74, 6) is 0. The van der Waals surface area contributed by atoms with Gasteiger partial charge in [-0.3, -0.25) is 0 Å². The van der Waals surface area contributed by atoms with E-state index in [-0.39, 0.29) is 43.2 Å². The first-order valence-corrected chi connectivity index (χ1v) is 3.07. The molecule has 0 aliphatic rings. The summed E-state index contributed by atoms with van der Waals surface area (Å²) in [5, 5.41) is 0. The molecule has 52 valence electrons. The summed E-state index contributed by atoms with van der Waals surface area (Å²) in [6.07, 6.45) is 0. The molecular weight excluding hydrogens is 142 g/mol. The molecule has 2 nitrogen and oxygen atoms in total. The second-order valence-corrected chi connectivity index (χ2v) is 1.62. The first kappa shape index (κ1) is 16.6. The van der Waals surface area contributed by atoms with Gasteiger partial charge in [-0.05, 0) is 19.6 Å². The Kier molecular flexibility index (Phi) is 22.0. The maximum absolute atomic E-state index is 2.38. The summed E-state index contributed by atoms with van der Waals surface area (Å²) < 4.78 is 0. The van der Waals surface area contributed by atoms with Crippen molar-refractivity contribution < 1.29 is 5.48 Å². The molecule has 3 heteroatoms. The Labute approximate surface area is 87.9 Å². The fraction of sp³-hybridized carbons (Fsp3) is 1.00. The average molecular weight is 157 g/mol. The van der Waals surface area contributed by atoms with E-state index in [2.05, 4.69) is 25.7 Å². The van der Waals surface area contributed by atoms with E-state index in [9.17, 15) is 0 Å². The topological polar surface area (TPSA) is 31.7 Å². The molecule has 0 N–H and O–H groups in total. The van der Waals surface area contributed by atoms with E-state index in [4.69, 9.17) is 0 Å². The molecule has 0 spiro atoms. The molecule has 0 aromatic heterocycles. The molecule has 0 radical (unpaired) electrons. The van der Waals surface area contributed by atoms with Gasteiger partial charge in [0.15, 0.2) is 0 Å². The van der Waals surface area contributed by atoms with E-state index >= 15 is 0 Å². The van der Waals surface area contributed by atoms with E-state index < -0.39 is 0 Å². The van der Waals surface area contributed by atoms with E-state index in [1.54, 1.807) is 0 Å². The fourth-order valence-corrected chi connectivity index (χ4v) is 0.671. The van der Waals surface area contributed by atoms with Gasteiger partial charge in [0.2, 0.25) is 0 Å². The Hall–Kier alpha value is 1.18. The normalized spacial score (nSPS) is 8.00. The Morgan fingerprint density at radius 1 is 0.889 bits per heavy atom. The summed E-state index contributed by atoms with van der Waals surface area (Å²) in [5.41, 5.74) is 0. The average Bonchev–Trinajstić information content (AvgIpc) is 1.72. The van der Waals surface area contributed by atoms with Crippen LogP contribution in [0.2, 0.25) is 0 Å². The molecule has 0 atom stereocenters. The van der Waals surface area contributed by atoms with E-state index in [0.29, 0.717) is 0 Å². The van der Waals surface area contributed by atoms with E-state index in [1.807, 2.05) is 0 Å². The Balaban J connectivity index is -0.000000180. The van der Waals surface area contributed by atoms with Gasteiger partial charge in [-0.2, -0.15) is 0 Å². The first-order chi connectivity index (χ1) is 3.35. The minimum Gasteiger partial charge on any atom is -2.00 e. The molecule has 9 heavy (non-hydrogen) atoms.